The largest absolute Gasteiger partial charge is 0.325 e. The molecule has 0 bridgehead atoms. The third-order valence-electron chi connectivity index (χ3n) is 4.60. The van der Waals surface area contributed by atoms with Crippen molar-refractivity contribution in [1.82, 2.24) is 10.2 Å². The van der Waals surface area contributed by atoms with E-state index in [-0.39, 0.29) is 6.03 Å². The van der Waals surface area contributed by atoms with Gasteiger partial charge in [-0.25, -0.2) is 4.79 Å². The third kappa shape index (κ3) is 4.90. The molecule has 22 heavy (non-hydrogen) atoms. The van der Waals surface area contributed by atoms with Crippen LogP contribution >= 0.6 is 0 Å². The normalized spacial score (nSPS) is 16.9. The molecule has 0 radical (unpaired) electrons. The molecule has 3 heteroatoms. The van der Waals surface area contributed by atoms with Crippen molar-refractivity contribution in [3.63, 3.8) is 0 Å². The highest BCUT2D eigenvalue weighted by molar-refractivity contribution is 5.75. The summed E-state index contributed by atoms with van der Waals surface area (Å²) in [5, 5.41) is 2.92. The fourth-order valence-corrected chi connectivity index (χ4v) is 2.72. The van der Waals surface area contributed by atoms with Crippen LogP contribution in [0.25, 0.3) is 0 Å². The van der Waals surface area contributed by atoms with E-state index in [0.29, 0.717) is 11.8 Å². The van der Waals surface area contributed by atoms with Gasteiger partial charge in [-0.15, -0.1) is 0 Å². The lowest BCUT2D eigenvalue weighted by Crippen LogP contribution is -2.43. The summed E-state index contributed by atoms with van der Waals surface area (Å²) in [6, 6.07) is 10.7. The van der Waals surface area contributed by atoms with Crippen molar-refractivity contribution < 1.29 is 4.79 Å². The Morgan fingerprint density at radius 1 is 1.27 bits per heavy atom. The van der Waals surface area contributed by atoms with Crippen molar-refractivity contribution >= 4 is 6.03 Å². The summed E-state index contributed by atoms with van der Waals surface area (Å²) in [6.07, 6.45) is 5.16. The summed E-state index contributed by atoms with van der Waals surface area (Å²) >= 11 is 0. The standard InChI is InChI=1S/C19H28N2O/c1-15(2)16(3)14-20-19(22)21-11-9-18(10-12-21)13-17-7-5-4-6-8-17/h4-8,14-15,18H,9-13H2,1-3H3,(H,20,22)/b16-14+. The van der Waals surface area contributed by atoms with E-state index >= 15 is 0 Å². The van der Waals surface area contributed by atoms with Crippen molar-refractivity contribution in [2.24, 2.45) is 11.8 Å². The Bertz CT molecular complexity index is 499. The molecule has 1 fully saturated rings. The molecule has 2 amide bonds. The number of amides is 2. The maximum absolute atomic E-state index is 12.2. The van der Waals surface area contributed by atoms with Gasteiger partial charge in [-0.1, -0.05) is 49.8 Å². The second-order valence-corrected chi connectivity index (χ2v) is 6.61. The van der Waals surface area contributed by atoms with Gasteiger partial charge in [0.05, 0.1) is 0 Å². The minimum absolute atomic E-state index is 0.0400. The molecule has 1 heterocycles. The van der Waals surface area contributed by atoms with Crippen LogP contribution in [0.15, 0.2) is 42.1 Å². The molecular formula is C19H28N2O. The van der Waals surface area contributed by atoms with Crippen LogP contribution in [0.4, 0.5) is 4.79 Å². The minimum atomic E-state index is 0.0400. The minimum Gasteiger partial charge on any atom is -0.325 e. The molecule has 0 aromatic heterocycles. The number of rotatable bonds is 4. The molecule has 1 saturated heterocycles. The lowest BCUT2D eigenvalue weighted by atomic mass is 9.90. The van der Waals surface area contributed by atoms with Crippen LogP contribution in [0.5, 0.6) is 0 Å². The quantitative estimate of drug-likeness (QED) is 0.887. The first kappa shape index (κ1) is 16.6. The van der Waals surface area contributed by atoms with Gasteiger partial charge in [0.1, 0.15) is 0 Å². The predicted molar refractivity (Wildman–Crippen MR) is 91.6 cm³/mol. The number of carbonyl (C=O) groups is 1. The molecule has 3 nitrogen and oxygen atoms in total. The van der Waals surface area contributed by atoms with E-state index in [2.05, 4.69) is 56.4 Å². The summed E-state index contributed by atoms with van der Waals surface area (Å²) in [6.45, 7) is 8.03. The van der Waals surface area contributed by atoms with E-state index in [1.54, 1.807) is 0 Å². The summed E-state index contributed by atoms with van der Waals surface area (Å²) in [5.41, 5.74) is 2.60. The molecule has 120 valence electrons. The van der Waals surface area contributed by atoms with Crippen LogP contribution in [-0.2, 0) is 6.42 Å². The highest BCUT2D eigenvalue weighted by Crippen LogP contribution is 2.21. The Kier molecular flexibility index (Phi) is 6.05. The number of likely N-dealkylation sites (tertiary alicyclic amines) is 1. The number of piperidine rings is 1. The average molecular weight is 300 g/mol. The van der Waals surface area contributed by atoms with Crippen molar-refractivity contribution in [2.45, 2.75) is 40.0 Å². The Morgan fingerprint density at radius 3 is 2.50 bits per heavy atom. The second-order valence-electron chi connectivity index (χ2n) is 6.61. The molecule has 1 aliphatic rings. The maximum Gasteiger partial charge on any atom is 0.321 e. The molecule has 0 atom stereocenters. The Balaban J connectivity index is 1.77. The molecule has 0 spiro atoms. The molecular weight excluding hydrogens is 272 g/mol. The van der Waals surface area contributed by atoms with E-state index < -0.39 is 0 Å². The summed E-state index contributed by atoms with van der Waals surface area (Å²) in [4.78, 5) is 14.1. The number of nitrogens with one attached hydrogen (secondary N) is 1. The van der Waals surface area contributed by atoms with Gasteiger partial charge in [0.25, 0.3) is 0 Å². The van der Waals surface area contributed by atoms with Crippen molar-refractivity contribution in [3.05, 3.63) is 47.7 Å². The van der Waals surface area contributed by atoms with Gasteiger partial charge in [-0.3, -0.25) is 0 Å². The van der Waals surface area contributed by atoms with Crippen LogP contribution in [0.2, 0.25) is 0 Å². The number of urea groups is 1. The molecule has 1 aliphatic heterocycles. The van der Waals surface area contributed by atoms with Crippen LogP contribution in [0.1, 0.15) is 39.2 Å². The number of allylic oxidation sites excluding steroid dienone is 1. The molecule has 1 N–H and O–H groups in total. The predicted octanol–water partition coefficient (Wildman–Crippen LogP) is 4.21. The monoisotopic (exact) mass is 300 g/mol. The fraction of sp³-hybridized carbons (Fsp3) is 0.526. The first-order valence-corrected chi connectivity index (χ1v) is 8.32. The van der Waals surface area contributed by atoms with Crippen LogP contribution in [-0.4, -0.2) is 24.0 Å². The maximum atomic E-state index is 12.2. The first-order chi connectivity index (χ1) is 10.6. The zero-order chi connectivity index (χ0) is 15.9. The summed E-state index contributed by atoms with van der Waals surface area (Å²) < 4.78 is 0. The average Bonchev–Trinajstić information content (AvgIpc) is 2.54. The van der Waals surface area contributed by atoms with Gasteiger partial charge in [0.15, 0.2) is 0 Å². The van der Waals surface area contributed by atoms with E-state index in [1.165, 1.54) is 11.1 Å². The van der Waals surface area contributed by atoms with Gasteiger partial charge in [-0.2, -0.15) is 0 Å². The zero-order valence-electron chi connectivity index (χ0n) is 14.0. The van der Waals surface area contributed by atoms with Crippen molar-refractivity contribution in [1.29, 1.82) is 0 Å². The van der Waals surface area contributed by atoms with Crippen LogP contribution in [0.3, 0.4) is 0 Å². The molecule has 1 aromatic rings. The lowest BCUT2D eigenvalue weighted by Gasteiger charge is -2.31. The Hall–Kier alpha value is -1.77. The highest BCUT2D eigenvalue weighted by atomic mass is 16.2. The SMILES string of the molecule is C/C(=C\NC(=O)N1CCC(Cc2ccccc2)CC1)C(C)C. The summed E-state index contributed by atoms with van der Waals surface area (Å²) in [5.74, 6) is 1.16. The number of hydrogen-bond donors (Lipinski definition) is 1. The topological polar surface area (TPSA) is 32.3 Å². The zero-order valence-corrected chi connectivity index (χ0v) is 14.0. The Morgan fingerprint density at radius 2 is 1.91 bits per heavy atom. The molecule has 0 saturated carbocycles. The number of carbonyl (C=O) groups excluding carboxylic acids is 1. The van der Waals surface area contributed by atoms with Crippen molar-refractivity contribution in [3.8, 4) is 0 Å². The van der Waals surface area contributed by atoms with E-state index in [9.17, 15) is 4.79 Å². The Labute approximate surface area is 134 Å². The third-order valence-corrected chi connectivity index (χ3v) is 4.60. The van der Waals surface area contributed by atoms with Gasteiger partial charge >= 0.3 is 6.03 Å². The van der Waals surface area contributed by atoms with Gasteiger partial charge in [-0.05, 0) is 43.6 Å². The molecule has 2 rings (SSSR count). The first-order valence-electron chi connectivity index (χ1n) is 8.32. The second kappa shape index (κ2) is 8.02. The molecule has 1 aromatic carbocycles. The van der Waals surface area contributed by atoms with Crippen LogP contribution < -0.4 is 5.32 Å². The fourth-order valence-electron chi connectivity index (χ4n) is 2.72. The van der Waals surface area contributed by atoms with E-state index in [1.807, 2.05) is 11.1 Å². The van der Waals surface area contributed by atoms with Gasteiger partial charge in [0, 0.05) is 19.3 Å². The molecule has 0 aliphatic carbocycles. The van der Waals surface area contributed by atoms with E-state index in [0.717, 1.165) is 32.4 Å². The summed E-state index contributed by atoms with van der Waals surface area (Å²) in [7, 11) is 0. The number of benzene rings is 1. The highest BCUT2D eigenvalue weighted by Gasteiger charge is 2.22. The van der Waals surface area contributed by atoms with Gasteiger partial charge in [0.2, 0.25) is 0 Å². The lowest BCUT2D eigenvalue weighted by molar-refractivity contribution is 0.173. The van der Waals surface area contributed by atoms with Crippen LogP contribution in [0, 0.1) is 11.8 Å². The van der Waals surface area contributed by atoms with E-state index in [4.69, 9.17) is 0 Å². The number of hydrogen-bond acceptors (Lipinski definition) is 1. The smallest absolute Gasteiger partial charge is 0.321 e. The number of nitrogens with zero attached hydrogens (tertiary/aromatic N) is 1. The van der Waals surface area contributed by atoms with Crippen molar-refractivity contribution in [2.75, 3.05) is 13.1 Å². The molecule has 0 unspecified atom stereocenters. The van der Waals surface area contributed by atoms with Gasteiger partial charge < -0.3 is 10.2 Å².